The van der Waals surface area contributed by atoms with E-state index in [9.17, 15) is 22.4 Å². The van der Waals surface area contributed by atoms with Crippen LogP contribution in [0, 0.1) is 5.82 Å². The van der Waals surface area contributed by atoms with E-state index in [-0.39, 0.29) is 4.90 Å². The first-order valence-corrected chi connectivity index (χ1v) is 9.28. The van der Waals surface area contributed by atoms with E-state index >= 15 is 0 Å². The highest BCUT2D eigenvalue weighted by Crippen LogP contribution is 2.13. The van der Waals surface area contributed by atoms with Gasteiger partial charge in [0.1, 0.15) is 5.82 Å². The van der Waals surface area contributed by atoms with Crippen molar-refractivity contribution in [3.05, 3.63) is 66.0 Å². The van der Waals surface area contributed by atoms with E-state index in [2.05, 4.69) is 5.32 Å². The molecule has 27 heavy (non-hydrogen) atoms. The first-order chi connectivity index (χ1) is 12.6. The summed E-state index contributed by atoms with van der Waals surface area (Å²) in [5.74, 6) is -1.73. The first-order valence-electron chi connectivity index (χ1n) is 7.73. The van der Waals surface area contributed by atoms with Gasteiger partial charge in [0.25, 0.3) is 5.91 Å². The maximum atomic E-state index is 12.8. The van der Waals surface area contributed by atoms with Gasteiger partial charge in [0.15, 0.2) is 6.10 Å². The Hall–Kier alpha value is -3.04. The van der Waals surface area contributed by atoms with Gasteiger partial charge in [-0.25, -0.2) is 22.7 Å². The van der Waals surface area contributed by atoms with E-state index in [0.717, 1.165) is 6.08 Å². The molecule has 0 fully saturated rings. The largest absolute Gasteiger partial charge is 0.449 e. The second-order valence-corrected chi connectivity index (χ2v) is 7.08. The van der Waals surface area contributed by atoms with Crippen molar-refractivity contribution in [2.75, 3.05) is 5.32 Å². The molecule has 2 rings (SSSR count). The van der Waals surface area contributed by atoms with Crippen molar-refractivity contribution in [1.29, 1.82) is 0 Å². The van der Waals surface area contributed by atoms with Crippen LogP contribution >= 0.6 is 0 Å². The number of carbonyl (C=O) groups excluding carboxylic acids is 2. The minimum absolute atomic E-state index is 0.0918. The number of hydrogen-bond acceptors (Lipinski definition) is 5. The van der Waals surface area contributed by atoms with Gasteiger partial charge in [-0.1, -0.05) is 12.1 Å². The van der Waals surface area contributed by atoms with Crippen LogP contribution in [0.2, 0.25) is 0 Å². The summed E-state index contributed by atoms with van der Waals surface area (Å²) in [6.07, 6.45) is 1.46. The minimum Gasteiger partial charge on any atom is -0.449 e. The van der Waals surface area contributed by atoms with Crippen molar-refractivity contribution in [2.24, 2.45) is 5.14 Å². The van der Waals surface area contributed by atoms with Gasteiger partial charge < -0.3 is 10.1 Å². The number of sulfonamides is 1. The number of primary sulfonamides is 1. The van der Waals surface area contributed by atoms with Crippen molar-refractivity contribution in [2.45, 2.75) is 17.9 Å². The maximum Gasteiger partial charge on any atom is 0.331 e. The average molecular weight is 392 g/mol. The lowest BCUT2D eigenvalue weighted by Crippen LogP contribution is -2.29. The molecule has 1 atom stereocenters. The van der Waals surface area contributed by atoms with Gasteiger partial charge in [0.2, 0.25) is 10.0 Å². The van der Waals surface area contributed by atoms with E-state index in [1.165, 1.54) is 61.5 Å². The van der Waals surface area contributed by atoms with Crippen LogP contribution in [0.1, 0.15) is 12.5 Å². The standard InChI is InChI=1S/C18H17FN2O5S/c1-12(26-17(22)11-4-13-2-5-14(19)6-3-13)18(23)21-15-7-9-16(10-8-15)27(20,24)25/h2-12H,1H3,(H,21,23)(H2,20,24,25)/b11-4+/t12-/m1/s1. The molecule has 0 bridgehead atoms. The molecule has 2 aromatic carbocycles. The predicted octanol–water partition coefficient (Wildman–Crippen LogP) is 2.06. The summed E-state index contributed by atoms with van der Waals surface area (Å²) in [5, 5.41) is 7.48. The molecular weight excluding hydrogens is 375 g/mol. The number of halogens is 1. The lowest BCUT2D eigenvalue weighted by molar-refractivity contribution is -0.148. The molecule has 0 aromatic heterocycles. The van der Waals surface area contributed by atoms with Crippen LogP contribution in [0.5, 0.6) is 0 Å². The highest BCUT2D eigenvalue weighted by Gasteiger charge is 2.17. The monoisotopic (exact) mass is 392 g/mol. The topological polar surface area (TPSA) is 116 Å². The summed E-state index contributed by atoms with van der Waals surface area (Å²) >= 11 is 0. The number of benzene rings is 2. The number of anilines is 1. The zero-order valence-corrected chi connectivity index (χ0v) is 15.1. The molecule has 0 spiro atoms. The predicted molar refractivity (Wildman–Crippen MR) is 97.4 cm³/mol. The molecule has 1 amide bonds. The Bertz CT molecular complexity index is 954. The normalized spacial score (nSPS) is 12.6. The highest BCUT2D eigenvalue weighted by atomic mass is 32.2. The van der Waals surface area contributed by atoms with Crippen LogP contribution < -0.4 is 10.5 Å². The molecule has 7 nitrogen and oxygen atoms in total. The number of amides is 1. The van der Waals surface area contributed by atoms with Crippen molar-refractivity contribution in [1.82, 2.24) is 0 Å². The molecule has 0 aliphatic carbocycles. The molecule has 3 N–H and O–H groups in total. The van der Waals surface area contributed by atoms with Gasteiger partial charge in [-0.2, -0.15) is 0 Å². The van der Waals surface area contributed by atoms with Crippen LogP contribution in [0.3, 0.4) is 0 Å². The molecule has 142 valence electrons. The lowest BCUT2D eigenvalue weighted by Gasteiger charge is -2.12. The highest BCUT2D eigenvalue weighted by molar-refractivity contribution is 7.89. The maximum absolute atomic E-state index is 12.8. The van der Waals surface area contributed by atoms with Crippen LogP contribution in [0.25, 0.3) is 6.08 Å². The van der Waals surface area contributed by atoms with E-state index in [0.29, 0.717) is 11.3 Å². The summed E-state index contributed by atoms with van der Waals surface area (Å²) in [7, 11) is -3.82. The van der Waals surface area contributed by atoms with Crippen molar-refractivity contribution >= 4 is 33.7 Å². The Morgan fingerprint density at radius 3 is 2.26 bits per heavy atom. The average Bonchev–Trinajstić information content (AvgIpc) is 2.61. The molecule has 2 aromatic rings. The van der Waals surface area contributed by atoms with Gasteiger partial charge in [-0.15, -0.1) is 0 Å². The summed E-state index contributed by atoms with van der Waals surface area (Å²) < 4.78 is 40.2. The third-order valence-corrected chi connectivity index (χ3v) is 4.32. The third kappa shape index (κ3) is 6.32. The Labute approximate surface area is 155 Å². The Morgan fingerprint density at radius 1 is 1.11 bits per heavy atom. The number of nitrogens with two attached hydrogens (primary N) is 1. The summed E-state index contributed by atoms with van der Waals surface area (Å²) in [6, 6.07) is 10.7. The van der Waals surface area contributed by atoms with Gasteiger partial charge in [-0.05, 0) is 55.0 Å². The van der Waals surface area contributed by atoms with Crippen molar-refractivity contribution < 1.29 is 27.1 Å². The second kappa shape index (κ2) is 8.56. The van der Waals surface area contributed by atoms with Crippen molar-refractivity contribution in [3.63, 3.8) is 0 Å². The number of hydrogen-bond donors (Lipinski definition) is 2. The zero-order chi connectivity index (χ0) is 20.0. The molecule has 0 unspecified atom stereocenters. The number of nitrogens with one attached hydrogen (secondary N) is 1. The van der Waals surface area contributed by atoms with Gasteiger partial charge in [-0.3, -0.25) is 4.79 Å². The molecule has 0 aliphatic heterocycles. The quantitative estimate of drug-likeness (QED) is 0.577. The SMILES string of the molecule is C[C@@H](OC(=O)/C=C/c1ccc(F)cc1)C(=O)Nc1ccc(S(N)(=O)=O)cc1. The molecular formula is C18H17FN2O5S. The second-order valence-electron chi connectivity index (χ2n) is 5.52. The van der Waals surface area contributed by atoms with Gasteiger partial charge in [0.05, 0.1) is 4.90 Å². The molecule has 0 saturated carbocycles. The fourth-order valence-corrected chi connectivity index (χ4v) is 2.49. The van der Waals surface area contributed by atoms with Gasteiger partial charge >= 0.3 is 5.97 Å². The van der Waals surface area contributed by atoms with E-state index in [1.807, 2.05) is 0 Å². The van der Waals surface area contributed by atoms with Crippen LogP contribution in [0.15, 0.2) is 59.5 Å². The Kier molecular flexibility index (Phi) is 6.43. The number of rotatable bonds is 6. The first kappa shape index (κ1) is 20.3. The molecule has 0 saturated heterocycles. The van der Waals surface area contributed by atoms with Crippen LogP contribution in [-0.2, 0) is 24.3 Å². The smallest absolute Gasteiger partial charge is 0.331 e. The number of carbonyl (C=O) groups is 2. The fourth-order valence-electron chi connectivity index (χ4n) is 1.98. The molecule has 0 heterocycles. The Morgan fingerprint density at radius 2 is 1.70 bits per heavy atom. The number of ether oxygens (including phenoxy) is 1. The van der Waals surface area contributed by atoms with Crippen LogP contribution in [0.4, 0.5) is 10.1 Å². The minimum atomic E-state index is -3.82. The van der Waals surface area contributed by atoms with E-state index in [4.69, 9.17) is 9.88 Å². The summed E-state index contributed by atoms with van der Waals surface area (Å²) in [6.45, 7) is 1.39. The number of esters is 1. The third-order valence-electron chi connectivity index (χ3n) is 3.39. The lowest BCUT2D eigenvalue weighted by atomic mass is 10.2. The fraction of sp³-hybridized carbons (Fsp3) is 0.111. The molecule has 0 radical (unpaired) electrons. The Balaban J connectivity index is 1.91. The van der Waals surface area contributed by atoms with Crippen molar-refractivity contribution in [3.8, 4) is 0 Å². The molecule has 9 heteroatoms. The van der Waals surface area contributed by atoms with E-state index in [1.54, 1.807) is 0 Å². The van der Waals surface area contributed by atoms with Crippen LogP contribution in [-0.4, -0.2) is 26.4 Å². The summed E-state index contributed by atoms with van der Waals surface area (Å²) in [5.41, 5.74) is 0.914. The van der Waals surface area contributed by atoms with Gasteiger partial charge in [0, 0.05) is 11.8 Å². The van der Waals surface area contributed by atoms with E-state index < -0.39 is 33.8 Å². The summed E-state index contributed by atoms with van der Waals surface area (Å²) in [4.78, 5) is 23.7. The molecule has 0 aliphatic rings. The zero-order valence-electron chi connectivity index (χ0n) is 14.3.